The number of aromatic nitrogens is 2. The zero-order valence-corrected chi connectivity index (χ0v) is 21.6. The third kappa shape index (κ3) is 5.78. The summed E-state index contributed by atoms with van der Waals surface area (Å²) in [6.45, 7) is 11.8. The summed E-state index contributed by atoms with van der Waals surface area (Å²) in [6.07, 6.45) is 3.45. The average Bonchev–Trinajstić information content (AvgIpc) is 3.16. The van der Waals surface area contributed by atoms with Crippen molar-refractivity contribution in [3.8, 4) is 11.1 Å². The molecule has 7 nitrogen and oxygen atoms in total. The molecule has 0 fully saturated rings. The second-order valence-corrected chi connectivity index (χ2v) is 9.41. The lowest BCUT2D eigenvalue weighted by Gasteiger charge is -2.37. The van der Waals surface area contributed by atoms with Gasteiger partial charge in [0, 0.05) is 36.0 Å². The fourth-order valence-electron chi connectivity index (χ4n) is 4.88. The van der Waals surface area contributed by atoms with E-state index in [1.807, 2.05) is 82.8 Å². The second kappa shape index (κ2) is 11.3. The standard InChI is InChI=1S/C28H35N3O4/c1-17(2)31(18(3)4)28(33)27(23-12-9-13-29-16-23)24(15-25(32)34-7)21-10-8-11-22(14-21)26-19(5)30-35-20(26)6/h8-14,16-18,24,27H,15H2,1-7H3. The van der Waals surface area contributed by atoms with E-state index >= 15 is 0 Å². The molecule has 1 aromatic carbocycles. The van der Waals surface area contributed by atoms with Gasteiger partial charge < -0.3 is 14.2 Å². The number of benzene rings is 1. The predicted octanol–water partition coefficient (Wildman–Crippen LogP) is 5.43. The number of hydrogen-bond acceptors (Lipinski definition) is 6. The van der Waals surface area contributed by atoms with Gasteiger partial charge in [-0.15, -0.1) is 0 Å². The van der Waals surface area contributed by atoms with Crippen molar-refractivity contribution in [2.24, 2.45) is 0 Å². The molecule has 0 spiro atoms. The van der Waals surface area contributed by atoms with Crippen molar-refractivity contribution in [1.82, 2.24) is 15.0 Å². The molecule has 3 rings (SSSR count). The maximum Gasteiger partial charge on any atom is 0.306 e. The van der Waals surface area contributed by atoms with E-state index in [-0.39, 0.29) is 30.4 Å². The maximum atomic E-state index is 14.2. The SMILES string of the molecule is COC(=O)CC(c1cccc(-c2c(C)noc2C)c1)C(C(=O)N(C(C)C)C(C)C)c1cccnc1. The van der Waals surface area contributed by atoms with Gasteiger partial charge in [0.2, 0.25) is 5.91 Å². The molecule has 2 unspecified atom stereocenters. The van der Waals surface area contributed by atoms with Crippen LogP contribution in [0.25, 0.3) is 11.1 Å². The van der Waals surface area contributed by atoms with Gasteiger partial charge in [-0.3, -0.25) is 14.6 Å². The van der Waals surface area contributed by atoms with E-state index in [2.05, 4.69) is 10.1 Å². The number of rotatable bonds is 9. The molecule has 3 aromatic rings. The van der Waals surface area contributed by atoms with Gasteiger partial charge in [0.1, 0.15) is 5.76 Å². The van der Waals surface area contributed by atoms with E-state index in [4.69, 9.17) is 9.26 Å². The van der Waals surface area contributed by atoms with Crippen LogP contribution >= 0.6 is 0 Å². The maximum absolute atomic E-state index is 14.2. The summed E-state index contributed by atoms with van der Waals surface area (Å²) in [6, 6.07) is 11.6. The molecule has 0 aliphatic heterocycles. The highest BCUT2D eigenvalue weighted by Crippen LogP contribution is 2.40. The molecule has 186 valence electrons. The van der Waals surface area contributed by atoms with Gasteiger partial charge >= 0.3 is 5.97 Å². The monoisotopic (exact) mass is 477 g/mol. The largest absolute Gasteiger partial charge is 0.469 e. The lowest BCUT2D eigenvalue weighted by molar-refractivity contribution is -0.142. The Morgan fingerprint density at radius 1 is 1.03 bits per heavy atom. The number of aryl methyl sites for hydroxylation is 2. The first-order chi connectivity index (χ1) is 16.6. The molecule has 0 aliphatic carbocycles. The molecule has 7 heteroatoms. The molecule has 0 saturated heterocycles. The Hall–Kier alpha value is -3.48. The molecule has 35 heavy (non-hydrogen) atoms. The van der Waals surface area contributed by atoms with Crippen LogP contribution in [0.1, 0.15) is 68.5 Å². The van der Waals surface area contributed by atoms with Crippen molar-refractivity contribution in [2.45, 2.75) is 71.9 Å². The van der Waals surface area contributed by atoms with Crippen molar-refractivity contribution < 1.29 is 18.8 Å². The van der Waals surface area contributed by atoms with Gasteiger partial charge in [0.25, 0.3) is 0 Å². The van der Waals surface area contributed by atoms with Crippen LogP contribution in [-0.2, 0) is 14.3 Å². The Labute approximate surface area is 207 Å². The minimum absolute atomic E-state index is 0.00548. The zero-order valence-electron chi connectivity index (χ0n) is 21.6. The Balaban J connectivity index is 2.20. The summed E-state index contributed by atoms with van der Waals surface area (Å²) in [5.74, 6) is -0.776. The van der Waals surface area contributed by atoms with Crippen LogP contribution in [0.4, 0.5) is 0 Å². The van der Waals surface area contributed by atoms with Crippen LogP contribution in [0.15, 0.2) is 53.3 Å². The number of carbonyl (C=O) groups excluding carboxylic acids is 2. The normalized spacial score (nSPS) is 13.1. The third-order valence-corrected chi connectivity index (χ3v) is 6.33. The molecule has 0 aliphatic rings. The first kappa shape index (κ1) is 26.1. The summed E-state index contributed by atoms with van der Waals surface area (Å²) < 4.78 is 10.4. The smallest absolute Gasteiger partial charge is 0.306 e. The van der Waals surface area contributed by atoms with Crippen LogP contribution in [0, 0.1) is 13.8 Å². The fraction of sp³-hybridized carbons (Fsp3) is 0.429. The van der Waals surface area contributed by atoms with Crippen LogP contribution < -0.4 is 0 Å². The van der Waals surface area contributed by atoms with Crippen molar-refractivity contribution in [3.63, 3.8) is 0 Å². The molecule has 0 N–H and O–H groups in total. The lowest BCUT2D eigenvalue weighted by Crippen LogP contribution is -2.46. The summed E-state index contributed by atoms with van der Waals surface area (Å²) in [5.41, 5.74) is 4.26. The first-order valence-electron chi connectivity index (χ1n) is 12.0. The highest BCUT2D eigenvalue weighted by atomic mass is 16.5. The zero-order chi connectivity index (χ0) is 25.7. The van der Waals surface area contributed by atoms with E-state index in [1.54, 1.807) is 12.4 Å². The van der Waals surface area contributed by atoms with Crippen molar-refractivity contribution in [3.05, 3.63) is 71.4 Å². The minimum atomic E-state index is -0.618. The van der Waals surface area contributed by atoms with Gasteiger partial charge in [-0.25, -0.2) is 0 Å². The fourth-order valence-corrected chi connectivity index (χ4v) is 4.88. The Morgan fingerprint density at radius 2 is 1.71 bits per heavy atom. The number of amides is 1. The number of nitrogens with zero attached hydrogens (tertiary/aromatic N) is 3. The van der Waals surface area contributed by atoms with E-state index in [0.717, 1.165) is 33.7 Å². The molecule has 2 atom stereocenters. The molecular weight excluding hydrogens is 442 g/mol. The summed E-state index contributed by atoms with van der Waals surface area (Å²) in [7, 11) is 1.37. The molecule has 1 amide bonds. The number of ether oxygens (including phenoxy) is 1. The Bertz CT molecular complexity index is 1130. The van der Waals surface area contributed by atoms with Crippen LogP contribution in [0.2, 0.25) is 0 Å². The molecule has 2 heterocycles. The average molecular weight is 478 g/mol. The van der Waals surface area contributed by atoms with E-state index in [0.29, 0.717) is 0 Å². The number of esters is 1. The van der Waals surface area contributed by atoms with Crippen LogP contribution in [0.5, 0.6) is 0 Å². The predicted molar refractivity (Wildman–Crippen MR) is 135 cm³/mol. The summed E-state index contributed by atoms with van der Waals surface area (Å²) in [4.78, 5) is 32.9. The van der Waals surface area contributed by atoms with Crippen molar-refractivity contribution >= 4 is 11.9 Å². The highest BCUT2D eigenvalue weighted by Gasteiger charge is 2.37. The number of pyridine rings is 1. The summed E-state index contributed by atoms with van der Waals surface area (Å²) >= 11 is 0. The molecule has 2 aromatic heterocycles. The first-order valence-corrected chi connectivity index (χ1v) is 12.0. The third-order valence-electron chi connectivity index (χ3n) is 6.33. The van der Waals surface area contributed by atoms with Crippen molar-refractivity contribution in [2.75, 3.05) is 7.11 Å². The van der Waals surface area contributed by atoms with Crippen LogP contribution in [0.3, 0.4) is 0 Å². The van der Waals surface area contributed by atoms with Gasteiger partial charge in [-0.05, 0) is 64.3 Å². The van der Waals surface area contributed by atoms with Gasteiger partial charge in [0.05, 0.1) is 25.1 Å². The molecule has 0 radical (unpaired) electrons. The molecule has 0 saturated carbocycles. The highest BCUT2D eigenvalue weighted by molar-refractivity contribution is 5.86. The lowest BCUT2D eigenvalue weighted by atomic mass is 9.78. The Morgan fingerprint density at radius 3 is 2.26 bits per heavy atom. The molecular formula is C28H35N3O4. The van der Waals surface area contributed by atoms with Gasteiger partial charge in [0.15, 0.2) is 0 Å². The van der Waals surface area contributed by atoms with Crippen LogP contribution in [-0.4, -0.2) is 46.1 Å². The number of carbonyl (C=O) groups is 2. The van der Waals surface area contributed by atoms with Gasteiger partial charge in [-0.2, -0.15) is 0 Å². The second-order valence-electron chi connectivity index (χ2n) is 9.41. The van der Waals surface area contributed by atoms with E-state index in [9.17, 15) is 9.59 Å². The number of hydrogen-bond donors (Lipinski definition) is 0. The topological polar surface area (TPSA) is 85.5 Å². The van der Waals surface area contributed by atoms with E-state index in [1.165, 1.54) is 7.11 Å². The quantitative estimate of drug-likeness (QED) is 0.382. The van der Waals surface area contributed by atoms with Crippen molar-refractivity contribution in [1.29, 1.82) is 0 Å². The molecule has 0 bridgehead atoms. The number of methoxy groups -OCH3 is 1. The van der Waals surface area contributed by atoms with E-state index < -0.39 is 11.8 Å². The van der Waals surface area contributed by atoms with Gasteiger partial charge in [-0.1, -0.05) is 35.5 Å². The summed E-state index contributed by atoms with van der Waals surface area (Å²) in [5, 5.41) is 4.08. The Kier molecular flexibility index (Phi) is 8.43. The minimum Gasteiger partial charge on any atom is -0.469 e.